The van der Waals surface area contributed by atoms with Crippen molar-refractivity contribution in [3.05, 3.63) is 30.1 Å². The third-order valence-electron chi connectivity index (χ3n) is 4.73. The molecule has 3 heterocycles. The summed E-state index contributed by atoms with van der Waals surface area (Å²) in [6.45, 7) is 1.00. The molecule has 0 saturated carbocycles. The average Bonchev–Trinajstić information content (AvgIpc) is 3.01. The van der Waals surface area contributed by atoms with Crippen molar-refractivity contribution in [1.29, 1.82) is 0 Å². The molecular formula is C16H22N2O7. The molecule has 138 valence electrons. The third kappa shape index (κ3) is 3.60. The van der Waals surface area contributed by atoms with Crippen LogP contribution in [-0.4, -0.2) is 70.5 Å². The lowest BCUT2D eigenvalue weighted by atomic mass is 9.99. The van der Waals surface area contributed by atoms with E-state index in [0.717, 1.165) is 24.9 Å². The quantitative estimate of drug-likeness (QED) is 0.481. The molecule has 0 radical (unpaired) electrons. The van der Waals surface area contributed by atoms with Crippen LogP contribution >= 0.6 is 0 Å². The summed E-state index contributed by atoms with van der Waals surface area (Å²) >= 11 is 0. The maximum absolute atomic E-state index is 11.0. The van der Waals surface area contributed by atoms with Crippen LogP contribution < -0.4 is 14.7 Å². The summed E-state index contributed by atoms with van der Waals surface area (Å²) in [7, 11) is 2.03. The number of carboxylic acid groups (broad SMARTS) is 1. The van der Waals surface area contributed by atoms with E-state index in [2.05, 4.69) is 4.90 Å². The molecule has 0 aromatic carbocycles. The highest BCUT2D eigenvalue weighted by molar-refractivity contribution is 5.71. The summed E-state index contributed by atoms with van der Waals surface area (Å²) in [5, 5.41) is 40.5. The van der Waals surface area contributed by atoms with Crippen LogP contribution in [0.5, 0.6) is 0 Å². The van der Waals surface area contributed by atoms with Gasteiger partial charge in [-0.1, -0.05) is 0 Å². The first kappa shape index (κ1) is 18.0. The summed E-state index contributed by atoms with van der Waals surface area (Å²) in [4.78, 5) is 18.7. The number of rotatable bonds is 4. The highest BCUT2D eigenvalue weighted by atomic mass is 16.8. The number of hydrogen-bond donors (Lipinski definition) is 3. The van der Waals surface area contributed by atoms with Gasteiger partial charge in [0.2, 0.25) is 12.4 Å². The first-order valence-electron chi connectivity index (χ1n) is 8.17. The third-order valence-corrected chi connectivity index (χ3v) is 4.73. The molecule has 1 aromatic heterocycles. The lowest BCUT2D eigenvalue weighted by molar-refractivity contribution is -0.909. The molecule has 2 saturated heterocycles. The van der Waals surface area contributed by atoms with Crippen LogP contribution in [-0.2, 0) is 9.53 Å². The van der Waals surface area contributed by atoms with Gasteiger partial charge in [0.05, 0.1) is 5.97 Å². The van der Waals surface area contributed by atoms with E-state index in [-0.39, 0.29) is 6.04 Å². The number of nitrogens with zero attached hydrogens (tertiary/aromatic N) is 2. The minimum absolute atomic E-state index is 0.247. The predicted molar refractivity (Wildman–Crippen MR) is 79.5 cm³/mol. The second kappa shape index (κ2) is 7.22. The molecule has 9 heteroatoms. The smallest absolute Gasteiger partial charge is 0.299 e. The molecule has 0 aliphatic carbocycles. The van der Waals surface area contributed by atoms with Crippen molar-refractivity contribution < 1.29 is 39.5 Å². The molecule has 2 aliphatic heterocycles. The number of hydrogen-bond acceptors (Lipinski definition) is 8. The molecule has 1 aromatic rings. The molecular weight excluding hydrogens is 332 g/mol. The van der Waals surface area contributed by atoms with Crippen LogP contribution in [0.25, 0.3) is 0 Å². The Balaban J connectivity index is 1.76. The fourth-order valence-electron chi connectivity index (χ4n) is 3.32. The van der Waals surface area contributed by atoms with Crippen LogP contribution in [0.3, 0.4) is 0 Å². The molecule has 2 aliphatic rings. The van der Waals surface area contributed by atoms with Crippen LogP contribution in [0, 0.1) is 0 Å². The van der Waals surface area contributed by atoms with E-state index in [1.54, 1.807) is 18.5 Å². The van der Waals surface area contributed by atoms with Crippen LogP contribution in [0.1, 0.15) is 24.4 Å². The van der Waals surface area contributed by atoms with Crippen molar-refractivity contribution in [2.45, 2.75) is 49.6 Å². The Labute approximate surface area is 144 Å². The van der Waals surface area contributed by atoms with E-state index >= 15 is 0 Å². The van der Waals surface area contributed by atoms with E-state index < -0.39 is 36.7 Å². The molecule has 0 amide bonds. The SMILES string of the molecule is CN1CCCC1c1ccc[n+](OC2OC(C(=O)[O-])C(O)C(O)C2O)c1. The molecule has 0 spiro atoms. The molecule has 6 unspecified atom stereocenters. The summed E-state index contributed by atoms with van der Waals surface area (Å²) in [5.74, 6) is -1.70. The van der Waals surface area contributed by atoms with Gasteiger partial charge in [0.1, 0.15) is 18.3 Å². The minimum atomic E-state index is -1.80. The Morgan fingerprint density at radius 2 is 2.12 bits per heavy atom. The van der Waals surface area contributed by atoms with Gasteiger partial charge in [-0.15, -0.1) is 0 Å². The van der Waals surface area contributed by atoms with E-state index in [9.17, 15) is 25.2 Å². The van der Waals surface area contributed by atoms with Gasteiger partial charge in [0.25, 0.3) is 6.29 Å². The minimum Gasteiger partial charge on any atom is -0.547 e. The number of carboxylic acids is 1. The zero-order valence-corrected chi connectivity index (χ0v) is 13.8. The zero-order chi connectivity index (χ0) is 18.1. The number of likely N-dealkylation sites (tertiary alicyclic amines) is 1. The van der Waals surface area contributed by atoms with Crippen molar-refractivity contribution in [2.24, 2.45) is 0 Å². The van der Waals surface area contributed by atoms with Crippen LogP contribution in [0.15, 0.2) is 24.5 Å². The maximum atomic E-state index is 11.0. The molecule has 6 atom stereocenters. The number of pyridine rings is 1. The van der Waals surface area contributed by atoms with E-state index in [4.69, 9.17) is 9.57 Å². The highest BCUT2D eigenvalue weighted by Crippen LogP contribution is 2.29. The summed E-state index contributed by atoms with van der Waals surface area (Å²) in [5.41, 5.74) is 1.00. The fraction of sp³-hybridized carbons (Fsp3) is 0.625. The molecule has 9 nitrogen and oxygen atoms in total. The van der Waals surface area contributed by atoms with Crippen LogP contribution in [0.2, 0.25) is 0 Å². The molecule has 2 fully saturated rings. The first-order chi connectivity index (χ1) is 11.9. The van der Waals surface area contributed by atoms with Gasteiger partial charge in [-0.2, -0.15) is 0 Å². The fourth-order valence-corrected chi connectivity index (χ4v) is 3.32. The molecule has 3 rings (SSSR count). The Morgan fingerprint density at radius 1 is 1.36 bits per heavy atom. The predicted octanol–water partition coefficient (Wildman–Crippen LogP) is -3.27. The number of ether oxygens (including phenoxy) is 1. The number of aliphatic hydroxyl groups excluding tert-OH is 3. The Kier molecular flexibility index (Phi) is 5.21. The number of aliphatic hydroxyl groups is 3. The van der Waals surface area contributed by atoms with Crippen LogP contribution in [0.4, 0.5) is 0 Å². The van der Waals surface area contributed by atoms with Crippen molar-refractivity contribution in [3.8, 4) is 0 Å². The summed E-state index contributed by atoms with van der Waals surface area (Å²) in [6, 6.07) is 3.96. The van der Waals surface area contributed by atoms with Gasteiger partial charge in [0, 0.05) is 22.4 Å². The zero-order valence-electron chi connectivity index (χ0n) is 13.8. The summed E-state index contributed by atoms with van der Waals surface area (Å²) in [6.07, 6.45) is -3.02. The van der Waals surface area contributed by atoms with E-state index in [1.807, 2.05) is 13.1 Å². The second-order valence-corrected chi connectivity index (χ2v) is 6.46. The number of aromatic nitrogens is 1. The van der Waals surface area contributed by atoms with Crippen molar-refractivity contribution in [3.63, 3.8) is 0 Å². The number of carbonyl (C=O) groups excluding carboxylic acids is 1. The van der Waals surface area contributed by atoms with E-state index in [1.165, 1.54) is 4.73 Å². The van der Waals surface area contributed by atoms with E-state index in [0.29, 0.717) is 0 Å². The average molecular weight is 354 g/mol. The number of aliphatic carboxylic acids is 1. The van der Waals surface area contributed by atoms with Crippen molar-refractivity contribution >= 4 is 5.97 Å². The lowest BCUT2D eigenvalue weighted by Crippen LogP contribution is -2.66. The monoisotopic (exact) mass is 354 g/mol. The van der Waals surface area contributed by atoms with Crippen molar-refractivity contribution in [2.75, 3.05) is 13.6 Å². The van der Waals surface area contributed by atoms with Gasteiger partial charge in [-0.05, 0) is 32.5 Å². The first-order valence-corrected chi connectivity index (χ1v) is 8.17. The lowest BCUT2D eigenvalue weighted by Gasteiger charge is -2.38. The molecule has 0 bridgehead atoms. The van der Waals surface area contributed by atoms with Gasteiger partial charge in [0.15, 0.2) is 6.10 Å². The topological polar surface area (TPSA) is 126 Å². The van der Waals surface area contributed by atoms with Gasteiger partial charge in [-0.3, -0.25) is 4.90 Å². The second-order valence-electron chi connectivity index (χ2n) is 6.46. The molecule has 3 N–H and O–H groups in total. The normalized spacial score (nSPS) is 36.3. The number of carbonyl (C=O) groups is 1. The van der Waals surface area contributed by atoms with Gasteiger partial charge in [-0.25, -0.2) is 4.84 Å². The van der Waals surface area contributed by atoms with Gasteiger partial charge < -0.3 is 30.0 Å². The van der Waals surface area contributed by atoms with Crippen molar-refractivity contribution in [1.82, 2.24) is 4.90 Å². The Bertz CT molecular complexity index is 628. The Morgan fingerprint density at radius 3 is 2.76 bits per heavy atom. The highest BCUT2D eigenvalue weighted by Gasteiger charge is 2.47. The largest absolute Gasteiger partial charge is 0.547 e. The Hall–Kier alpha value is -1.78. The maximum Gasteiger partial charge on any atom is 0.299 e. The standard InChI is InChI=1S/C16H22N2O7/c1-17-6-3-5-10(17)9-4-2-7-18(8-9)25-16-13(21)11(19)12(20)14(24-16)15(22)23/h2,4,7-8,10-14,16,19-21H,3,5-6H2,1H3. The molecule has 25 heavy (non-hydrogen) atoms. The summed E-state index contributed by atoms with van der Waals surface area (Å²) < 4.78 is 6.36. The van der Waals surface area contributed by atoms with Gasteiger partial charge >= 0.3 is 0 Å².